The molecule has 1 N–H and O–H groups in total. The highest BCUT2D eigenvalue weighted by Gasteiger charge is 2.21. The van der Waals surface area contributed by atoms with Crippen LogP contribution in [0.15, 0.2) is 0 Å². The van der Waals surface area contributed by atoms with Crippen LogP contribution < -0.4 is 0 Å². The Hall–Kier alpha value is -0.730. The molecule has 16 heavy (non-hydrogen) atoms. The average molecular weight is 228 g/mol. The van der Waals surface area contributed by atoms with Gasteiger partial charge in [0, 0.05) is 0 Å². The van der Waals surface area contributed by atoms with Crippen LogP contribution in [0.3, 0.4) is 0 Å². The van der Waals surface area contributed by atoms with Gasteiger partial charge in [0.05, 0.1) is 6.61 Å². The van der Waals surface area contributed by atoms with Crippen LogP contribution in [0.1, 0.15) is 58.3 Å². The van der Waals surface area contributed by atoms with Crippen molar-refractivity contribution in [3.05, 3.63) is 0 Å². The van der Waals surface area contributed by atoms with E-state index in [9.17, 15) is 4.79 Å². The van der Waals surface area contributed by atoms with Crippen LogP contribution in [0.25, 0.3) is 0 Å². The van der Waals surface area contributed by atoms with Gasteiger partial charge >= 0.3 is 6.16 Å². The van der Waals surface area contributed by atoms with Crippen molar-refractivity contribution >= 4 is 6.16 Å². The van der Waals surface area contributed by atoms with Gasteiger partial charge in [-0.25, -0.2) is 4.79 Å². The Morgan fingerprint density at radius 3 is 2.38 bits per heavy atom. The summed E-state index contributed by atoms with van der Waals surface area (Å²) >= 11 is 0. The Kier molecular flexibility index (Phi) is 6.27. The third-order valence-corrected chi connectivity index (χ3v) is 3.62. The van der Waals surface area contributed by atoms with Gasteiger partial charge in [-0.3, -0.25) is 0 Å². The maximum atomic E-state index is 10.3. The standard InChI is InChI=1S/C13H24O3/c1-2-3-4-5-11-6-8-12(9-7-11)10-16-13(14)15/h11-12H,2-10H2,1H3,(H,14,15). The lowest BCUT2D eigenvalue weighted by molar-refractivity contribution is 0.0660. The molecular weight excluding hydrogens is 204 g/mol. The molecule has 3 heteroatoms. The molecule has 0 bridgehead atoms. The van der Waals surface area contributed by atoms with E-state index in [1.807, 2.05) is 0 Å². The third-order valence-electron chi connectivity index (χ3n) is 3.62. The quantitative estimate of drug-likeness (QED) is 0.550. The van der Waals surface area contributed by atoms with Crippen molar-refractivity contribution in [2.45, 2.75) is 58.3 Å². The van der Waals surface area contributed by atoms with E-state index >= 15 is 0 Å². The molecule has 0 heterocycles. The van der Waals surface area contributed by atoms with Gasteiger partial charge < -0.3 is 9.84 Å². The lowest BCUT2D eigenvalue weighted by Crippen LogP contribution is -2.20. The molecule has 0 aliphatic heterocycles. The second-order valence-electron chi connectivity index (χ2n) is 4.96. The van der Waals surface area contributed by atoms with Gasteiger partial charge in [0.2, 0.25) is 0 Å². The van der Waals surface area contributed by atoms with Gasteiger partial charge in [0.25, 0.3) is 0 Å². The van der Waals surface area contributed by atoms with E-state index in [0.29, 0.717) is 12.5 Å². The summed E-state index contributed by atoms with van der Waals surface area (Å²) in [5, 5.41) is 8.42. The molecular formula is C13H24O3. The highest BCUT2D eigenvalue weighted by Crippen LogP contribution is 2.32. The summed E-state index contributed by atoms with van der Waals surface area (Å²) < 4.78 is 4.63. The van der Waals surface area contributed by atoms with Crippen molar-refractivity contribution in [2.24, 2.45) is 11.8 Å². The third kappa shape index (κ3) is 5.38. The van der Waals surface area contributed by atoms with Crippen LogP contribution in [-0.2, 0) is 4.74 Å². The molecule has 1 fully saturated rings. The summed E-state index contributed by atoms with van der Waals surface area (Å²) in [6.07, 6.45) is 9.04. The molecule has 94 valence electrons. The molecule has 0 radical (unpaired) electrons. The van der Waals surface area contributed by atoms with E-state index in [2.05, 4.69) is 11.7 Å². The van der Waals surface area contributed by atoms with Gasteiger partial charge in [-0.1, -0.05) is 45.4 Å². The zero-order valence-electron chi connectivity index (χ0n) is 10.3. The van der Waals surface area contributed by atoms with Crippen LogP contribution in [0.4, 0.5) is 4.79 Å². The fraction of sp³-hybridized carbons (Fsp3) is 0.923. The number of ether oxygens (including phenoxy) is 1. The van der Waals surface area contributed by atoms with Crippen molar-refractivity contribution in [3.8, 4) is 0 Å². The topological polar surface area (TPSA) is 46.5 Å². The summed E-state index contributed by atoms with van der Waals surface area (Å²) in [7, 11) is 0. The summed E-state index contributed by atoms with van der Waals surface area (Å²) in [4.78, 5) is 10.3. The lowest BCUT2D eigenvalue weighted by atomic mass is 9.80. The molecule has 1 aliphatic rings. The first-order valence-corrected chi connectivity index (χ1v) is 6.58. The largest absolute Gasteiger partial charge is 0.505 e. The van der Waals surface area contributed by atoms with Gasteiger partial charge in [-0.2, -0.15) is 0 Å². The number of hydrogen-bond donors (Lipinski definition) is 1. The highest BCUT2D eigenvalue weighted by atomic mass is 16.7. The maximum Gasteiger partial charge on any atom is 0.505 e. The molecule has 1 saturated carbocycles. The summed E-state index contributed by atoms with van der Waals surface area (Å²) in [5.41, 5.74) is 0. The second kappa shape index (κ2) is 7.53. The Balaban J connectivity index is 2.06. The van der Waals surface area contributed by atoms with Crippen molar-refractivity contribution in [1.82, 2.24) is 0 Å². The average Bonchev–Trinajstić information content (AvgIpc) is 2.28. The first-order chi connectivity index (χ1) is 7.72. The first-order valence-electron chi connectivity index (χ1n) is 6.58. The number of hydrogen-bond acceptors (Lipinski definition) is 2. The SMILES string of the molecule is CCCCCC1CCC(COC(=O)O)CC1. The molecule has 1 rings (SSSR count). The zero-order valence-corrected chi connectivity index (χ0v) is 10.3. The maximum absolute atomic E-state index is 10.3. The summed E-state index contributed by atoms with van der Waals surface area (Å²) in [5.74, 6) is 1.35. The summed E-state index contributed by atoms with van der Waals surface area (Å²) in [6, 6.07) is 0. The Morgan fingerprint density at radius 1 is 1.19 bits per heavy atom. The minimum Gasteiger partial charge on any atom is -0.450 e. The van der Waals surface area contributed by atoms with Gasteiger partial charge in [-0.05, 0) is 24.7 Å². The lowest BCUT2D eigenvalue weighted by Gasteiger charge is -2.27. The molecule has 0 unspecified atom stereocenters. The van der Waals surface area contributed by atoms with Crippen molar-refractivity contribution in [2.75, 3.05) is 6.61 Å². The molecule has 0 aromatic heterocycles. The number of carbonyl (C=O) groups is 1. The highest BCUT2D eigenvalue weighted by molar-refractivity contribution is 5.56. The molecule has 3 nitrogen and oxygen atoms in total. The van der Waals surface area contributed by atoms with Crippen LogP contribution >= 0.6 is 0 Å². The molecule has 0 amide bonds. The van der Waals surface area contributed by atoms with E-state index in [-0.39, 0.29) is 0 Å². The van der Waals surface area contributed by atoms with Crippen LogP contribution in [0.5, 0.6) is 0 Å². The predicted octanol–water partition coefficient (Wildman–Crippen LogP) is 4.07. The Bertz CT molecular complexity index is 195. The normalized spacial score (nSPS) is 25.3. The van der Waals surface area contributed by atoms with E-state index in [0.717, 1.165) is 18.8 Å². The van der Waals surface area contributed by atoms with Gasteiger partial charge in [-0.15, -0.1) is 0 Å². The van der Waals surface area contributed by atoms with Crippen LogP contribution in [0, 0.1) is 11.8 Å². The van der Waals surface area contributed by atoms with E-state index < -0.39 is 6.16 Å². The molecule has 0 saturated heterocycles. The zero-order chi connectivity index (χ0) is 11.8. The van der Waals surface area contributed by atoms with Crippen molar-refractivity contribution < 1.29 is 14.6 Å². The second-order valence-corrected chi connectivity index (χ2v) is 4.96. The minimum absolute atomic E-state index is 0.400. The van der Waals surface area contributed by atoms with Crippen molar-refractivity contribution in [3.63, 3.8) is 0 Å². The fourth-order valence-electron chi connectivity index (χ4n) is 2.56. The molecule has 1 aliphatic carbocycles. The monoisotopic (exact) mass is 228 g/mol. The number of rotatable bonds is 6. The van der Waals surface area contributed by atoms with E-state index in [1.54, 1.807) is 0 Å². The van der Waals surface area contributed by atoms with E-state index in [1.165, 1.54) is 38.5 Å². The van der Waals surface area contributed by atoms with Gasteiger partial charge in [0.15, 0.2) is 0 Å². The van der Waals surface area contributed by atoms with E-state index in [4.69, 9.17) is 5.11 Å². The molecule has 0 atom stereocenters. The van der Waals surface area contributed by atoms with Gasteiger partial charge in [0.1, 0.15) is 0 Å². The minimum atomic E-state index is -1.13. The number of unbranched alkanes of at least 4 members (excludes halogenated alkanes) is 2. The molecule has 0 aromatic rings. The fourth-order valence-corrected chi connectivity index (χ4v) is 2.56. The smallest absolute Gasteiger partial charge is 0.450 e. The predicted molar refractivity (Wildman–Crippen MR) is 63.6 cm³/mol. The molecule has 0 spiro atoms. The van der Waals surface area contributed by atoms with Crippen LogP contribution in [-0.4, -0.2) is 17.9 Å². The van der Waals surface area contributed by atoms with Crippen LogP contribution in [0.2, 0.25) is 0 Å². The molecule has 0 aromatic carbocycles. The Morgan fingerprint density at radius 2 is 1.81 bits per heavy atom. The summed E-state index contributed by atoms with van der Waals surface area (Å²) in [6.45, 7) is 2.64. The first kappa shape index (κ1) is 13.3. The Labute approximate surface area is 98.2 Å². The van der Waals surface area contributed by atoms with Crippen molar-refractivity contribution in [1.29, 1.82) is 0 Å². The number of carboxylic acid groups (broad SMARTS) is 1.